The van der Waals surface area contributed by atoms with E-state index in [9.17, 15) is 14.4 Å². The van der Waals surface area contributed by atoms with E-state index in [4.69, 9.17) is 10.5 Å². The molecule has 0 saturated heterocycles. The molecule has 7 nitrogen and oxygen atoms in total. The number of carbonyl (C=O) groups excluding carboxylic acids is 3. The van der Waals surface area contributed by atoms with Crippen LogP contribution in [0.2, 0.25) is 0 Å². The highest BCUT2D eigenvalue weighted by molar-refractivity contribution is 8.01. The highest BCUT2D eigenvalue weighted by Crippen LogP contribution is 2.29. The van der Waals surface area contributed by atoms with Crippen LogP contribution in [0.1, 0.15) is 6.42 Å². The van der Waals surface area contributed by atoms with Crippen LogP contribution in [-0.4, -0.2) is 41.7 Å². The van der Waals surface area contributed by atoms with E-state index in [0.29, 0.717) is 5.75 Å². The second-order valence-electron chi connectivity index (χ2n) is 4.45. The predicted octanol–water partition coefficient (Wildman–Crippen LogP) is 0.923. The number of nitrogens with zero attached hydrogens (tertiary/aromatic N) is 1. The van der Waals surface area contributed by atoms with Crippen LogP contribution in [0, 0.1) is 0 Å². The van der Waals surface area contributed by atoms with Gasteiger partial charge in [0.1, 0.15) is 0 Å². The molecule has 1 aromatic heterocycles. The summed E-state index contributed by atoms with van der Waals surface area (Å²) in [4.78, 5) is 37.7. The largest absolute Gasteiger partial charge is 0.456 e. The minimum absolute atomic E-state index is 0.170. The second kappa shape index (κ2) is 8.49. The number of ether oxygens (including phenoxy) is 1. The number of carbonyl (C=O) groups is 3. The Morgan fingerprint density at radius 2 is 2.09 bits per heavy atom. The normalized spacial score (nSPS) is 10.4. The number of hydrogen-bond donors (Lipinski definition) is 2. The van der Waals surface area contributed by atoms with Crippen molar-refractivity contribution in [3.8, 4) is 0 Å². The number of rotatable bonds is 8. The molecule has 0 atom stereocenters. The van der Waals surface area contributed by atoms with Crippen molar-refractivity contribution in [2.75, 3.05) is 18.9 Å². The van der Waals surface area contributed by atoms with Crippen LogP contribution in [0.15, 0.2) is 28.6 Å². The fraction of sp³-hybridized carbons (Fsp3) is 0.286. The van der Waals surface area contributed by atoms with Crippen LogP contribution >= 0.6 is 23.1 Å². The maximum atomic E-state index is 11.5. The van der Waals surface area contributed by atoms with Gasteiger partial charge in [0.25, 0.3) is 5.91 Å². The number of benzene rings is 1. The number of nitrogens with one attached hydrogen (secondary N) is 1. The molecule has 3 N–H and O–H groups in total. The predicted molar refractivity (Wildman–Crippen MR) is 88.1 cm³/mol. The Hall–Kier alpha value is -2.13. The Morgan fingerprint density at radius 3 is 2.83 bits per heavy atom. The van der Waals surface area contributed by atoms with E-state index in [-0.39, 0.29) is 13.0 Å². The van der Waals surface area contributed by atoms with E-state index in [1.165, 1.54) is 11.8 Å². The number of nitrogens with two attached hydrogens (primary N) is 1. The van der Waals surface area contributed by atoms with Crippen molar-refractivity contribution < 1.29 is 19.1 Å². The average molecular weight is 353 g/mol. The molecule has 9 heteroatoms. The molecule has 0 aliphatic heterocycles. The van der Waals surface area contributed by atoms with Crippen LogP contribution in [-0.2, 0) is 19.1 Å². The molecule has 2 amide bonds. The van der Waals surface area contributed by atoms with Crippen molar-refractivity contribution >= 4 is 51.1 Å². The first kappa shape index (κ1) is 17.2. The maximum absolute atomic E-state index is 11.5. The molecule has 1 heterocycles. The third-order valence-electron chi connectivity index (χ3n) is 2.63. The quantitative estimate of drug-likeness (QED) is 0.539. The van der Waals surface area contributed by atoms with Crippen molar-refractivity contribution in [3.05, 3.63) is 24.3 Å². The molecule has 23 heavy (non-hydrogen) atoms. The SMILES string of the molecule is NC(=O)CNC(=O)COC(=O)CCSc1nc2ccccc2s1. The lowest BCUT2D eigenvalue weighted by molar-refractivity contribution is -0.148. The number of hydrogen-bond acceptors (Lipinski definition) is 7. The molecule has 0 aliphatic carbocycles. The summed E-state index contributed by atoms with van der Waals surface area (Å²) in [5.41, 5.74) is 5.82. The lowest BCUT2D eigenvalue weighted by atomic mass is 10.3. The first-order valence-corrected chi connectivity index (χ1v) is 8.54. The van der Waals surface area contributed by atoms with Gasteiger partial charge >= 0.3 is 5.97 Å². The molecule has 122 valence electrons. The van der Waals surface area contributed by atoms with Crippen molar-refractivity contribution in [1.29, 1.82) is 0 Å². The number of fused-ring (bicyclic) bond motifs is 1. The monoisotopic (exact) mass is 353 g/mol. The number of amides is 2. The first-order chi connectivity index (χ1) is 11.0. The van der Waals surface area contributed by atoms with Crippen LogP contribution in [0.25, 0.3) is 10.2 Å². The van der Waals surface area contributed by atoms with Crippen LogP contribution in [0.4, 0.5) is 0 Å². The van der Waals surface area contributed by atoms with E-state index in [1.54, 1.807) is 11.3 Å². The zero-order chi connectivity index (χ0) is 16.7. The number of primary amides is 1. The van der Waals surface area contributed by atoms with E-state index in [0.717, 1.165) is 14.6 Å². The molecular formula is C14H15N3O4S2. The Labute approximate surface area is 140 Å². The number of aromatic nitrogens is 1. The van der Waals surface area contributed by atoms with E-state index in [2.05, 4.69) is 10.3 Å². The third kappa shape index (κ3) is 5.87. The molecule has 0 fully saturated rings. The van der Waals surface area contributed by atoms with E-state index < -0.39 is 24.4 Å². The summed E-state index contributed by atoms with van der Waals surface area (Å²) < 4.78 is 6.79. The standard InChI is InChI=1S/C14H15N3O4S2/c15-11(18)7-16-12(19)8-21-13(20)5-6-22-14-17-9-3-1-2-4-10(9)23-14/h1-4H,5-8H2,(H2,15,18)(H,16,19). The lowest BCUT2D eigenvalue weighted by Crippen LogP contribution is -2.36. The maximum Gasteiger partial charge on any atom is 0.307 e. The van der Waals surface area contributed by atoms with Gasteiger partial charge in [-0.05, 0) is 12.1 Å². The van der Waals surface area contributed by atoms with Crippen LogP contribution in [0.3, 0.4) is 0 Å². The molecule has 0 radical (unpaired) electrons. The van der Waals surface area contributed by atoms with Gasteiger partial charge in [-0.3, -0.25) is 14.4 Å². The Bertz CT molecular complexity index is 684. The van der Waals surface area contributed by atoms with Gasteiger partial charge in [0.2, 0.25) is 5.91 Å². The average Bonchev–Trinajstić information content (AvgIpc) is 2.93. The summed E-state index contributed by atoms with van der Waals surface area (Å²) in [6.07, 6.45) is 0.170. The van der Waals surface area contributed by atoms with Crippen molar-refractivity contribution in [1.82, 2.24) is 10.3 Å². The molecule has 0 unspecified atom stereocenters. The van der Waals surface area contributed by atoms with Gasteiger partial charge < -0.3 is 15.8 Å². The number of thioether (sulfide) groups is 1. The van der Waals surface area contributed by atoms with Crippen molar-refractivity contribution in [2.45, 2.75) is 10.8 Å². The number of thiazole rings is 1. The summed E-state index contributed by atoms with van der Waals surface area (Å²) in [6.45, 7) is -0.693. The van der Waals surface area contributed by atoms with Crippen LogP contribution in [0.5, 0.6) is 0 Å². The zero-order valence-corrected chi connectivity index (χ0v) is 13.7. The topological polar surface area (TPSA) is 111 Å². The molecule has 0 bridgehead atoms. The summed E-state index contributed by atoms with van der Waals surface area (Å²) >= 11 is 3.04. The highest BCUT2D eigenvalue weighted by atomic mass is 32.2. The van der Waals surface area contributed by atoms with E-state index >= 15 is 0 Å². The minimum atomic E-state index is -0.656. The van der Waals surface area contributed by atoms with Gasteiger partial charge in [-0.25, -0.2) is 4.98 Å². The molecule has 2 rings (SSSR count). The zero-order valence-electron chi connectivity index (χ0n) is 12.1. The molecule has 0 spiro atoms. The third-order valence-corrected chi connectivity index (χ3v) is 4.81. The van der Waals surface area contributed by atoms with Crippen molar-refractivity contribution in [2.24, 2.45) is 5.73 Å². The van der Waals surface area contributed by atoms with Gasteiger partial charge in [-0.2, -0.15) is 0 Å². The molecule has 0 saturated carbocycles. The van der Waals surface area contributed by atoms with Crippen LogP contribution < -0.4 is 11.1 Å². The Kier molecular flexibility index (Phi) is 6.36. The first-order valence-electron chi connectivity index (χ1n) is 6.73. The van der Waals surface area contributed by atoms with E-state index in [1.807, 2.05) is 24.3 Å². The highest BCUT2D eigenvalue weighted by Gasteiger charge is 2.09. The minimum Gasteiger partial charge on any atom is -0.456 e. The molecular weight excluding hydrogens is 338 g/mol. The summed E-state index contributed by atoms with van der Waals surface area (Å²) in [5, 5.41) is 2.23. The van der Waals surface area contributed by atoms with Gasteiger partial charge in [0.05, 0.1) is 23.2 Å². The van der Waals surface area contributed by atoms with Gasteiger partial charge in [0, 0.05) is 5.75 Å². The lowest BCUT2D eigenvalue weighted by Gasteiger charge is -2.04. The number of para-hydroxylation sites is 1. The smallest absolute Gasteiger partial charge is 0.307 e. The molecule has 1 aromatic carbocycles. The van der Waals surface area contributed by atoms with Gasteiger partial charge in [-0.15, -0.1) is 11.3 Å². The Morgan fingerprint density at radius 1 is 1.30 bits per heavy atom. The molecule has 2 aromatic rings. The fourth-order valence-electron chi connectivity index (χ4n) is 1.59. The fourth-order valence-corrected chi connectivity index (χ4v) is 3.65. The van der Waals surface area contributed by atoms with Crippen molar-refractivity contribution in [3.63, 3.8) is 0 Å². The summed E-state index contributed by atoms with van der Waals surface area (Å²) in [5.74, 6) is -1.18. The number of esters is 1. The Balaban J connectivity index is 1.66. The van der Waals surface area contributed by atoms with Gasteiger partial charge in [0.15, 0.2) is 10.9 Å². The summed E-state index contributed by atoms with van der Waals surface area (Å²) in [7, 11) is 0. The second-order valence-corrected chi connectivity index (χ2v) is 6.82. The van der Waals surface area contributed by atoms with Gasteiger partial charge in [-0.1, -0.05) is 23.9 Å². The summed E-state index contributed by atoms with van der Waals surface area (Å²) in [6, 6.07) is 7.82. The molecule has 0 aliphatic rings.